The summed E-state index contributed by atoms with van der Waals surface area (Å²) in [6.45, 7) is -0.364. The number of hydrogen-bond acceptors (Lipinski definition) is 4. The number of aliphatic hydroxyl groups excluding tert-OH is 1. The second kappa shape index (κ2) is 5.79. The van der Waals surface area contributed by atoms with Gasteiger partial charge in [-0.15, -0.1) is 0 Å². The van der Waals surface area contributed by atoms with Gasteiger partial charge >= 0.3 is 0 Å². The normalized spacial score (nSPS) is 11.7. The number of benzene rings is 1. The van der Waals surface area contributed by atoms with Crippen molar-refractivity contribution in [1.82, 2.24) is 4.72 Å². The number of halogens is 1. The van der Waals surface area contributed by atoms with Gasteiger partial charge in [0.1, 0.15) is 5.82 Å². The average Bonchev–Trinajstić information content (AvgIpc) is 2.90. The molecule has 4 nitrogen and oxygen atoms in total. The van der Waals surface area contributed by atoms with Gasteiger partial charge in [0.2, 0.25) is 10.0 Å². The van der Waals surface area contributed by atoms with Gasteiger partial charge in [-0.25, -0.2) is 17.5 Å². The van der Waals surface area contributed by atoms with Gasteiger partial charge in [-0.3, -0.25) is 0 Å². The van der Waals surface area contributed by atoms with E-state index in [1.54, 1.807) is 0 Å². The standard InChI is InChI=1S/C12H12FNO3S2/c13-12-2-1-11(5-10(12)7-15)19(16,17)14-6-9-3-4-18-8-9/h1-5,8,14-15H,6-7H2. The van der Waals surface area contributed by atoms with E-state index in [1.165, 1.54) is 17.4 Å². The van der Waals surface area contributed by atoms with Crippen LogP contribution in [0.2, 0.25) is 0 Å². The molecule has 0 amide bonds. The van der Waals surface area contributed by atoms with Crippen LogP contribution in [-0.2, 0) is 23.2 Å². The zero-order chi connectivity index (χ0) is 13.9. The molecular formula is C12H12FNO3S2. The van der Waals surface area contributed by atoms with Gasteiger partial charge in [-0.05, 0) is 40.6 Å². The van der Waals surface area contributed by atoms with Gasteiger partial charge in [0.15, 0.2) is 0 Å². The number of thiophene rings is 1. The molecule has 1 aromatic carbocycles. The highest BCUT2D eigenvalue weighted by molar-refractivity contribution is 7.89. The molecule has 19 heavy (non-hydrogen) atoms. The number of aliphatic hydroxyl groups is 1. The van der Waals surface area contributed by atoms with E-state index < -0.39 is 22.4 Å². The van der Waals surface area contributed by atoms with Crippen LogP contribution in [0.5, 0.6) is 0 Å². The number of sulfonamides is 1. The molecule has 0 bridgehead atoms. The van der Waals surface area contributed by atoms with Gasteiger partial charge in [0, 0.05) is 12.1 Å². The third-order valence-electron chi connectivity index (χ3n) is 2.54. The van der Waals surface area contributed by atoms with Crippen molar-refractivity contribution in [3.63, 3.8) is 0 Å². The maximum absolute atomic E-state index is 13.2. The summed E-state index contributed by atoms with van der Waals surface area (Å²) < 4.78 is 39.6. The predicted octanol–water partition coefficient (Wildman–Crippen LogP) is 1.86. The fourth-order valence-electron chi connectivity index (χ4n) is 1.49. The minimum absolute atomic E-state index is 0.0431. The lowest BCUT2D eigenvalue weighted by atomic mass is 10.2. The fraction of sp³-hybridized carbons (Fsp3) is 0.167. The number of hydrogen-bond donors (Lipinski definition) is 2. The van der Waals surface area contributed by atoms with Crippen LogP contribution >= 0.6 is 11.3 Å². The molecule has 0 spiro atoms. The third-order valence-corrected chi connectivity index (χ3v) is 4.68. The van der Waals surface area contributed by atoms with Crippen LogP contribution in [-0.4, -0.2) is 13.5 Å². The van der Waals surface area contributed by atoms with E-state index in [1.807, 2.05) is 16.8 Å². The second-order valence-electron chi connectivity index (χ2n) is 3.87. The lowest BCUT2D eigenvalue weighted by molar-refractivity contribution is 0.275. The van der Waals surface area contributed by atoms with Gasteiger partial charge < -0.3 is 5.11 Å². The maximum Gasteiger partial charge on any atom is 0.240 e. The van der Waals surface area contributed by atoms with E-state index in [4.69, 9.17) is 5.11 Å². The molecule has 1 heterocycles. The maximum atomic E-state index is 13.2. The molecule has 2 N–H and O–H groups in total. The second-order valence-corrected chi connectivity index (χ2v) is 6.41. The molecule has 7 heteroatoms. The molecule has 0 saturated heterocycles. The Kier molecular flexibility index (Phi) is 4.31. The molecule has 1 aromatic heterocycles. The molecule has 0 fully saturated rings. The highest BCUT2D eigenvalue weighted by atomic mass is 32.2. The highest BCUT2D eigenvalue weighted by Gasteiger charge is 2.15. The van der Waals surface area contributed by atoms with Crippen molar-refractivity contribution in [1.29, 1.82) is 0 Å². The van der Waals surface area contributed by atoms with Crippen LogP contribution in [0, 0.1) is 5.82 Å². The molecule has 0 aliphatic carbocycles. The SMILES string of the molecule is O=S(=O)(NCc1ccsc1)c1ccc(F)c(CO)c1. The first-order valence-corrected chi connectivity index (χ1v) is 7.85. The first-order chi connectivity index (χ1) is 9.03. The Labute approximate surface area is 114 Å². The monoisotopic (exact) mass is 301 g/mol. The van der Waals surface area contributed by atoms with Gasteiger partial charge in [0.05, 0.1) is 11.5 Å². The molecule has 2 rings (SSSR count). The molecule has 2 aromatic rings. The van der Waals surface area contributed by atoms with Gasteiger partial charge in [0.25, 0.3) is 0 Å². The van der Waals surface area contributed by atoms with Crippen molar-refractivity contribution in [2.75, 3.05) is 0 Å². The average molecular weight is 301 g/mol. The van der Waals surface area contributed by atoms with Gasteiger partial charge in [-0.2, -0.15) is 11.3 Å². The van der Waals surface area contributed by atoms with Crippen molar-refractivity contribution in [2.45, 2.75) is 18.0 Å². The number of rotatable bonds is 5. The summed E-state index contributed by atoms with van der Waals surface area (Å²) in [5.74, 6) is -0.626. The van der Waals surface area contributed by atoms with E-state index in [0.29, 0.717) is 0 Å². The Morgan fingerprint density at radius 2 is 2.11 bits per heavy atom. The molecule has 0 atom stereocenters. The molecule has 0 aliphatic rings. The fourth-order valence-corrected chi connectivity index (χ4v) is 3.23. The molecule has 0 radical (unpaired) electrons. The van der Waals surface area contributed by atoms with Crippen molar-refractivity contribution in [3.8, 4) is 0 Å². The summed E-state index contributed by atoms with van der Waals surface area (Å²) in [5.41, 5.74) is 0.816. The summed E-state index contributed by atoms with van der Waals surface area (Å²) in [4.78, 5) is -0.0619. The van der Waals surface area contributed by atoms with Crippen molar-refractivity contribution < 1.29 is 17.9 Å². The lowest BCUT2D eigenvalue weighted by Crippen LogP contribution is -2.23. The highest BCUT2D eigenvalue weighted by Crippen LogP contribution is 2.16. The molecule has 0 aliphatic heterocycles. The van der Waals surface area contributed by atoms with Crippen LogP contribution in [0.15, 0.2) is 39.9 Å². The van der Waals surface area contributed by atoms with Crippen LogP contribution in [0.4, 0.5) is 4.39 Å². The first-order valence-electron chi connectivity index (χ1n) is 5.43. The van der Waals surface area contributed by atoms with E-state index in [9.17, 15) is 12.8 Å². The van der Waals surface area contributed by atoms with Crippen LogP contribution < -0.4 is 4.72 Å². The zero-order valence-corrected chi connectivity index (χ0v) is 11.5. The predicted molar refractivity (Wildman–Crippen MR) is 70.7 cm³/mol. The van der Waals surface area contributed by atoms with Crippen molar-refractivity contribution in [2.24, 2.45) is 0 Å². The molecule has 0 unspecified atom stereocenters. The number of nitrogens with one attached hydrogen (secondary N) is 1. The third kappa shape index (κ3) is 3.38. The molecular weight excluding hydrogens is 289 g/mol. The van der Waals surface area contributed by atoms with Crippen LogP contribution in [0.25, 0.3) is 0 Å². The minimum Gasteiger partial charge on any atom is -0.392 e. The Hall–Kier alpha value is -1.28. The summed E-state index contributed by atoms with van der Waals surface area (Å²) >= 11 is 1.48. The van der Waals surface area contributed by atoms with E-state index in [2.05, 4.69) is 4.72 Å². The van der Waals surface area contributed by atoms with Crippen molar-refractivity contribution >= 4 is 21.4 Å². The summed E-state index contributed by atoms with van der Waals surface area (Å²) in [5, 5.41) is 12.6. The summed E-state index contributed by atoms with van der Waals surface area (Å²) in [6.07, 6.45) is 0. The zero-order valence-electron chi connectivity index (χ0n) is 9.84. The van der Waals surface area contributed by atoms with Crippen molar-refractivity contribution in [3.05, 3.63) is 52.0 Å². The van der Waals surface area contributed by atoms with Crippen LogP contribution in [0.3, 0.4) is 0 Å². The Balaban J connectivity index is 2.19. The summed E-state index contributed by atoms with van der Waals surface area (Å²) in [6, 6.07) is 5.15. The van der Waals surface area contributed by atoms with Gasteiger partial charge in [-0.1, -0.05) is 0 Å². The lowest BCUT2D eigenvalue weighted by Gasteiger charge is -2.07. The quantitative estimate of drug-likeness (QED) is 0.886. The smallest absolute Gasteiger partial charge is 0.240 e. The van der Waals surface area contributed by atoms with E-state index in [0.717, 1.165) is 17.7 Å². The topological polar surface area (TPSA) is 66.4 Å². The Morgan fingerprint density at radius 3 is 2.74 bits per heavy atom. The summed E-state index contributed by atoms with van der Waals surface area (Å²) in [7, 11) is -3.71. The Morgan fingerprint density at radius 1 is 1.32 bits per heavy atom. The molecule has 0 saturated carbocycles. The van der Waals surface area contributed by atoms with Crippen LogP contribution in [0.1, 0.15) is 11.1 Å². The first kappa shape index (κ1) is 14.1. The van der Waals surface area contributed by atoms with E-state index >= 15 is 0 Å². The largest absolute Gasteiger partial charge is 0.392 e. The molecule has 102 valence electrons. The minimum atomic E-state index is -3.71. The Bertz CT molecular complexity index is 654. The van der Waals surface area contributed by atoms with E-state index in [-0.39, 0.29) is 17.0 Å².